The number of hydrogen-bond acceptors (Lipinski definition) is 9. The Kier molecular flexibility index (Phi) is 9.36. The van der Waals surface area contributed by atoms with Crippen LogP contribution >= 0.6 is 0 Å². The van der Waals surface area contributed by atoms with E-state index >= 15 is 0 Å². The first-order valence-corrected chi connectivity index (χ1v) is 15.7. The van der Waals surface area contributed by atoms with Gasteiger partial charge < -0.3 is 20.3 Å². The molecule has 0 unspecified atom stereocenters. The van der Waals surface area contributed by atoms with Crippen molar-refractivity contribution >= 4 is 29.7 Å². The van der Waals surface area contributed by atoms with Crippen LogP contribution in [0.3, 0.4) is 0 Å². The van der Waals surface area contributed by atoms with Gasteiger partial charge in [0, 0.05) is 22.5 Å². The number of aromatic nitrogens is 5. The molecule has 2 atom stereocenters. The maximum Gasteiger partial charge on any atom is 0.321 e. The lowest BCUT2D eigenvalue weighted by Gasteiger charge is -2.34. The van der Waals surface area contributed by atoms with Gasteiger partial charge in [0.15, 0.2) is 11.9 Å². The van der Waals surface area contributed by atoms with E-state index in [0.29, 0.717) is 34.8 Å². The predicted octanol–water partition coefficient (Wildman–Crippen LogP) is 4.20. The standard InChI is InChI=1S/C35H43N9O4/c1-33(2,3)26-17-27(38-28(37-26)18-36-30(46)20-43(7)8)39-32(47)40-35(21-45)16-15-25(23-11-9-10-12-24(23)35)48-22-13-14-29-41-42-31(34(4,5)6)44(29)19-22/h9-17,19,21,25H,18,20H2,1-8H3,(H,36,46)(H2,37,38,39,40,47)/t25-,35-/m1/s1. The van der Waals surface area contributed by atoms with Crippen LogP contribution in [0.15, 0.2) is 60.8 Å². The second-order valence-electron chi connectivity index (χ2n) is 14.2. The van der Waals surface area contributed by atoms with Crippen molar-refractivity contribution in [3.63, 3.8) is 0 Å². The van der Waals surface area contributed by atoms with Gasteiger partial charge >= 0.3 is 6.03 Å². The zero-order chi connectivity index (χ0) is 34.9. The summed E-state index contributed by atoms with van der Waals surface area (Å²) in [7, 11) is 3.61. The van der Waals surface area contributed by atoms with Gasteiger partial charge in [0.2, 0.25) is 5.91 Å². The van der Waals surface area contributed by atoms with Crippen molar-refractivity contribution in [2.24, 2.45) is 0 Å². The van der Waals surface area contributed by atoms with Crippen molar-refractivity contribution in [2.75, 3.05) is 26.0 Å². The largest absolute Gasteiger partial charge is 0.480 e. The zero-order valence-corrected chi connectivity index (χ0v) is 28.7. The molecule has 13 heteroatoms. The molecule has 5 rings (SSSR count). The molecule has 252 valence electrons. The maximum absolute atomic E-state index is 13.5. The molecule has 3 aromatic heterocycles. The number of amides is 3. The molecular weight excluding hydrogens is 610 g/mol. The van der Waals surface area contributed by atoms with Crippen LogP contribution in [0.2, 0.25) is 0 Å². The highest BCUT2D eigenvalue weighted by Gasteiger charge is 2.38. The van der Waals surface area contributed by atoms with Crippen molar-refractivity contribution in [3.05, 3.63) is 89.3 Å². The molecule has 4 aromatic rings. The van der Waals surface area contributed by atoms with Crippen molar-refractivity contribution < 1.29 is 19.1 Å². The summed E-state index contributed by atoms with van der Waals surface area (Å²) in [5, 5.41) is 17.1. The van der Waals surface area contributed by atoms with Crippen LogP contribution in [0.25, 0.3) is 5.65 Å². The van der Waals surface area contributed by atoms with Gasteiger partial charge in [0.1, 0.15) is 34.9 Å². The molecule has 3 heterocycles. The molecule has 3 N–H and O–H groups in total. The monoisotopic (exact) mass is 653 g/mol. The first-order chi connectivity index (χ1) is 22.6. The van der Waals surface area contributed by atoms with E-state index in [4.69, 9.17) is 4.74 Å². The number of aldehydes is 1. The predicted molar refractivity (Wildman–Crippen MR) is 182 cm³/mol. The number of nitrogens with zero attached hydrogens (tertiary/aromatic N) is 6. The summed E-state index contributed by atoms with van der Waals surface area (Å²) >= 11 is 0. The Morgan fingerprint density at radius 3 is 2.46 bits per heavy atom. The molecule has 0 fully saturated rings. The fraction of sp³-hybridized carbons (Fsp3) is 0.400. The number of nitrogens with one attached hydrogen (secondary N) is 3. The second kappa shape index (κ2) is 13.1. The lowest BCUT2D eigenvalue weighted by atomic mass is 9.81. The van der Waals surface area contributed by atoms with Gasteiger partial charge in [-0.3, -0.25) is 19.3 Å². The molecule has 0 saturated carbocycles. The van der Waals surface area contributed by atoms with Crippen molar-refractivity contribution in [1.29, 1.82) is 0 Å². The number of fused-ring (bicyclic) bond motifs is 2. The van der Waals surface area contributed by atoms with Crippen molar-refractivity contribution in [3.8, 4) is 5.75 Å². The Labute approximate surface area is 280 Å². The van der Waals surface area contributed by atoms with Gasteiger partial charge in [-0.2, -0.15) is 0 Å². The van der Waals surface area contributed by atoms with Crippen LogP contribution in [0.5, 0.6) is 5.75 Å². The van der Waals surface area contributed by atoms with E-state index in [0.717, 1.165) is 11.4 Å². The number of urea groups is 1. The summed E-state index contributed by atoms with van der Waals surface area (Å²) in [5.41, 5.74) is 0.620. The molecule has 48 heavy (non-hydrogen) atoms. The van der Waals surface area contributed by atoms with Gasteiger partial charge in [-0.15, -0.1) is 10.2 Å². The highest BCUT2D eigenvalue weighted by Crippen LogP contribution is 2.37. The smallest absolute Gasteiger partial charge is 0.321 e. The fourth-order valence-electron chi connectivity index (χ4n) is 5.38. The average Bonchev–Trinajstić information content (AvgIpc) is 3.45. The summed E-state index contributed by atoms with van der Waals surface area (Å²) in [6.07, 6.45) is 5.41. The van der Waals surface area contributed by atoms with Crippen molar-refractivity contribution in [2.45, 2.75) is 70.6 Å². The van der Waals surface area contributed by atoms with Gasteiger partial charge in [-0.05, 0) is 43.9 Å². The number of rotatable bonds is 9. The van der Waals surface area contributed by atoms with E-state index in [1.807, 2.05) is 61.7 Å². The lowest BCUT2D eigenvalue weighted by molar-refractivity contribution is -0.121. The number of benzene rings is 1. The number of anilines is 1. The van der Waals surface area contributed by atoms with Gasteiger partial charge in [0.05, 0.1) is 25.0 Å². The number of likely N-dealkylation sites (N-methyl/N-ethyl adjacent to an activating group) is 1. The number of hydrogen-bond donors (Lipinski definition) is 3. The number of ether oxygens (including phenoxy) is 1. The minimum absolute atomic E-state index is 0.0878. The molecule has 0 radical (unpaired) electrons. The molecular formula is C35H43N9O4. The van der Waals surface area contributed by atoms with E-state index in [1.54, 1.807) is 43.3 Å². The van der Waals surface area contributed by atoms with E-state index in [1.165, 1.54) is 0 Å². The average molecular weight is 654 g/mol. The second-order valence-corrected chi connectivity index (χ2v) is 14.2. The van der Waals surface area contributed by atoms with Gasteiger partial charge in [-0.1, -0.05) is 65.8 Å². The molecule has 1 aromatic carbocycles. The molecule has 1 aliphatic carbocycles. The Hall–Kier alpha value is -5.17. The molecule has 13 nitrogen and oxygen atoms in total. The lowest BCUT2D eigenvalue weighted by Crippen LogP contribution is -2.49. The highest BCUT2D eigenvalue weighted by atomic mass is 16.5. The van der Waals surface area contributed by atoms with Crippen LogP contribution in [0.4, 0.5) is 10.6 Å². The van der Waals surface area contributed by atoms with Gasteiger partial charge in [0.25, 0.3) is 0 Å². The minimum Gasteiger partial charge on any atom is -0.480 e. The van der Waals surface area contributed by atoms with Crippen LogP contribution in [0.1, 0.15) is 76.1 Å². The highest BCUT2D eigenvalue weighted by molar-refractivity contribution is 5.92. The molecule has 0 bridgehead atoms. The first kappa shape index (κ1) is 34.2. The third-order valence-corrected chi connectivity index (χ3v) is 7.75. The van der Waals surface area contributed by atoms with Gasteiger partial charge in [-0.25, -0.2) is 14.8 Å². The Morgan fingerprint density at radius 2 is 1.77 bits per heavy atom. The third-order valence-electron chi connectivity index (χ3n) is 7.75. The summed E-state index contributed by atoms with van der Waals surface area (Å²) in [4.78, 5) is 49.4. The fourth-order valence-corrected chi connectivity index (χ4v) is 5.38. The SMILES string of the molecule is CN(C)CC(=O)NCc1nc(NC(=O)N[C@@]2(C=O)C=C[C@@H](Oc3ccc4nnc(C(C)(C)C)n4c3)c3ccccc32)cc(C(C)(C)C)n1. The Morgan fingerprint density at radius 1 is 1.02 bits per heavy atom. The quantitative estimate of drug-likeness (QED) is 0.178. The number of carbonyl (C=O) groups excluding carboxylic acids is 3. The Bertz CT molecular complexity index is 1870. The number of pyridine rings is 1. The topological polar surface area (TPSA) is 156 Å². The normalized spacial score (nSPS) is 17.6. The first-order valence-electron chi connectivity index (χ1n) is 15.7. The summed E-state index contributed by atoms with van der Waals surface area (Å²) in [5.74, 6) is 1.80. The van der Waals surface area contributed by atoms with E-state index in [9.17, 15) is 14.4 Å². The van der Waals surface area contributed by atoms with Crippen LogP contribution in [0, 0.1) is 0 Å². The maximum atomic E-state index is 13.5. The van der Waals surface area contributed by atoms with Crippen LogP contribution < -0.4 is 20.7 Å². The summed E-state index contributed by atoms with van der Waals surface area (Å²) in [6, 6.07) is 12.0. The van der Waals surface area contributed by atoms with Crippen molar-refractivity contribution in [1.82, 2.24) is 40.1 Å². The van der Waals surface area contributed by atoms with E-state index in [-0.39, 0.29) is 35.6 Å². The number of carbonyl (C=O) groups is 3. The Balaban J connectivity index is 1.38. The molecule has 3 amide bonds. The minimum atomic E-state index is -1.47. The molecule has 0 aliphatic heterocycles. The summed E-state index contributed by atoms with van der Waals surface area (Å²) < 4.78 is 8.34. The molecule has 0 spiro atoms. The molecule has 0 saturated heterocycles. The summed E-state index contributed by atoms with van der Waals surface area (Å²) in [6.45, 7) is 12.5. The van der Waals surface area contributed by atoms with Crippen LogP contribution in [-0.2, 0) is 32.5 Å². The third kappa shape index (κ3) is 7.52. The van der Waals surface area contributed by atoms with E-state index in [2.05, 4.69) is 56.9 Å². The van der Waals surface area contributed by atoms with Crippen LogP contribution in [-0.4, -0.2) is 68.3 Å². The van der Waals surface area contributed by atoms with E-state index < -0.39 is 17.7 Å². The zero-order valence-electron chi connectivity index (χ0n) is 28.7. The molecule has 1 aliphatic rings.